The highest BCUT2D eigenvalue weighted by Gasteiger charge is 1.72. The summed E-state index contributed by atoms with van der Waals surface area (Å²) in [6.07, 6.45) is 0.585. The predicted molar refractivity (Wildman–Crippen MR) is 21.9 cm³/mol. The van der Waals surface area contributed by atoms with Crippen molar-refractivity contribution in [3.63, 3.8) is 0 Å². The van der Waals surface area contributed by atoms with E-state index in [1.54, 1.807) is 0 Å². The molecule has 0 aliphatic carbocycles. The third-order valence-electron chi connectivity index (χ3n) is 0.238. The minimum atomic E-state index is 0.156. The molecule has 1 N–H and O–H groups in total. The van der Waals surface area contributed by atoms with Crippen LogP contribution in [0, 0.1) is 5.88 Å². The normalized spacial score (nSPS) is 8.40. The van der Waals surface area contributed by atoms with Crippen LogP contribution in [-0.2, 0) is 0 Å². The van der Waals surface area contributed by atoms with Gasteiger partial charge in [0.15, 0.2) is 0 Å². The summed E-state index contributed by atoms with van der Waals surface area (Å²) in [5, 5.41) is 7.95. The van der Waals surface area contributed by atoms with Crippen molar-refractivity contribution < 1.29 is 5.11 Å². The molecule has 0 aromatic carbocycles. The van der Waals surface area contributed by atoms with Gasteiger partial charge in [0.2, 0.25) is 0 Å². The van der Waals surface area contributed by atoms with Gasteiger partial charge in [-0.25, -0.2) is 0 Å². The second-order valence-electron chi connectivity index (χ2n) is 0.667. The molecule has 0 aromatic rings. The zero-order chi connectivity index (χ0) is 4.12. The summed E-state index contributed by atoms with van der Waals surface area (Å²) in [5.41, 5.74) is 0. The summed E-state index contributed by atoms with van der Waals surface area (Å²) in [6.45, 7) is 0.156. The van der Waals surface area contributed by atoms with Crippen LogP contribution in [0.1, 0.15) is 6.42 Å². The molecule has 0 spiro atoms. The molecular weight excluding hydrogens is 87.5 g/mol. The van der Waals surface area contributed by atoms with Crippen LogP contribution >= 0.6 is 11.6 Å². The molecule has 0 aliphatic heterocycles. The van der Waals surface area contributed by atoms with Crippen LogP contribution < -0.4 is 0 Å². The highest BCUT2D eigenvalue weighted by atomic mass is 35.5. The molecule has 1 radical (unpaired) electrons. The van der Waals surface area contributed by atoms with Crippen molar-refractivity contribution in [1.29, 1.82) is 0 Å². The first kappa shape index (κ1) is 5.25. The van der Waals surface area contributed by atoms with Crippen molar-refractivity contribution in [2.45, 2.75) is 6.42 Å². The monoisotopic (exact) mass is 93.0 g/mol. The second-order valence-corrected chi connectivity index (χ2v) is 0.975. The molecule has 0 rings (SSSR count). The number of hydrogen-bond donors (Lipinski definition) is 1. The fraction of sp³-hybridized carbons (Fsp3) is 0.667. The number of aliphatic hydroxyl groups excluding tert-OH is 1. The van der Waals surface area contributed by atoms with Gasteiger partial charge in [-0.05, 0) is 6.42 Å². The molecule has 0 amide bonds. The van der Waals surface area contributed by atoms with Crippen molar-refractivity contribution in [2.24, 2.45) is 0 Å². The molecule has 31 valence electrons. The lowest BCUT2D eigenvalue weighted by Crippen LogP contribution is -1.74. The van der Waals surface area contributed by atoms with Gasteiger partial charge in [0.25, 0.3) is 0 Å². The standard InChI is InChI=1S/C3H6ClO/c4-2-1-3-5/h2,5H,1,3H2. The first-order valence-electron chi connectivity index (χ1n) is 1.44. The smallest absolute Gasteiger partial charge is 0.0522 e. The van der Waals surface area contributed by atoms with Crippen LogP contribution in [0.5, 0.6) is 0 Å². The highest BCUT2D eigenvalue weighted by Crippen LogP contribution is 1.86. The van der Waals surface area contributed by atoms with Crippen molar-refractivity contribution in [2.75, 3.05) is 6.61 Å². The van der Waals surface area contributed by atoms with E-state index in [1.807, 2.05) is 0 Å². The van der Waals surface area contributed by atoms with Crippen LogP contribution in [-0.4, -0.2) is 11.7 Å². The van der Waals surface area contributed by atoms with Crippen molar-refractivity contribution in [3.05, 3.63) is 5.88 Å². The Hall–Kier alpha value is 0.250. The minimum absolute atomic E-state index is 0.156. The molecule has 5 heavy (non-hydrogen) atoms. The number of rotatable bonds is 2. The Morgan fingerprint density at radius 1 is 1.80 bits per heavy atom. The fourth-order valence-corrected chi connectivity index (χ4v) is 0.146. The molecule has 0 atom stereocenters. The fourth-order valence-electron chi connectivity index (χ4n) is 0.0488. The average Bonchev–Trinajstić information content (AvgIpc) is 1.41. The summed E-state index contributed by atoms with van der Waals surface area (Å²) in [7, 11) is 0. The summed E-state index contributed by atoms with van der Waals surface area (Å²) >= 11 is 5.02. The van der Waals surface area contributed by atoms with Crippen molar-refractivity contribution >= 4 is 11.6 Å². The van der Waals surface area contributed by atoms with E-state index >= 15 is 0 Å². The summed E-state index contributed by atoms with van der Waals surface area (Å²) in [5.74, 6) is 1.40. The van der Waals surface area contributed by atoms with Gasteiger partial charge in [0, 0.05) is 6.61 Å². The van der Waals surface area contributed by atoms with E-state index in [9.17, 15) is 0 Å². The lowest BCUT2D eigenvalue weighted by molar-refractivity contribution is 0.301. The van der Waals surface area contributed by atoms with Crippen LogP contribution in [0.25, 0.3) is 0 Å². The molecule has 0 saturated heterocycles. The molecule has 0 aromatic heterocycles. The van der Waals surface area contributed by atoms with E-state index in [1.165, 1.54) is 5.88 Å². The van der Waals surface area contributed by atoms with Gasteiger partial charge in [-0.2, -0.15) is 0 Å². The Labute approximate surface area is 36.6 Å². The Balaban J connectivity index is 2.19. The molecule has 0 unspecified atom stereocenters. The van der Waals surface area contributed by atoms with Gasteiger partial charge in [0.1, 0.15) is 0 Å². The summed E-state index contributed by atoms with van der Waals surface area (Å²) in [6, 6.07) is 0. The largest absolute Gasteiger partial charge is 0.396 e. The maximum absolute atomic E-state index is 7.95. The third kappa shape index (κ3) is 4.25. The third-order valence-corrected chi connectivity index (χ3v) is 0.456. The quantitative estimate of drug-likeness (QED) is 0.535. The van der Waals surface area contributed by atoms with Gasteiger partial charge >= 0.3 is 0 Å². The minimum Gasteiger partial charge on any atom is -0.396 e. The van der Waals surface area contributed by atoms with Crippen LogP contribution in [0.3, 0.4) is 0 Å². The van der Waals surface area contributed by atoms with Crippen LogP contribution in [0.2, 0.25) is 0 Å². The Morgan fingerprint density at radius 3 is 2.40 bits per heavy atom. The zero-order valence-electron chi connectivity index (χ0n) is 2.82. The summed E-state index contributed by atoms with van der Waals surface area (Å²) < 4.78 is 0. The lowest BCUT2D eigenvalue weighted by atomic mass is 10.5. The van der Waals surface area contributed by atoms with Crippen molar-refractivity contribution in [1.82, 2.24) is 0 Å². The maximum Gasteiger partial charge on any atom is 0.0522 e. The van der Waals surface area contributed by atoms with Gasteiger partial charge < -0.3 is 5.11 Å². The topological polar surface area (TPSA) is 20.2 Å². The molecule has 0 aliphatic rings. The Morgan fingerprint density at radius 2 is 2.40 bits per heavy atom. The van der Waals surface area contributed by atoms with E-state index in [2.05, 4.69) is 0 Å². The Kier molecular flexibility index (Phi) is 4.46. The van der Waals surface area contributed by atoms with E-state index in [-0.39, 0.29) is 6.61 Å². The lowest BCUT2D eigenvalue weighted by Gasteiger charge is -1.76. The molecule has 0 bridgehead atoms. The van der Waals surface area contributed by atoms with Gasteiger partial charge in [-0.15, -0.1) is 11.6 Å². The SMILES string of the molecule is OCC[CH]Cl. The first-order valence-corrected chi connectivity index (χ1v) is 1.88. The summed E-state index contributed by atoms with van der Waals surface area (Å²) in [4.78, 5) is 0. The molecule has 2 heteroatoms. The molecule has 0 heterocycles. The van der Waals surface area contributed by atoms with Gasteiger partial charge in [-0.1, -0.05) is 0 Å². The van der Waals surface area contributed by atoms with E-state index in [4.69, 9.17) is 16.7 Å². The molecule has 0 fully saturated rings. The first-order chi connectivity index (χ1) is 2.41. The number of halogens is 1. The molecule has 1 nitrogen and oxygen atoms in total. The van der Waals surface area contributed by atoms with E-state index < -0.39 is 0 Å². The average molecular weight is 93.5 g/mol. The number of hydrogen-bond acceptors (Lipinski definition) is 1. The highest BCUT2D eigenvalue weighted by molar-refractivity contribution is 6.23. The molecular formula is C3H6ClO. The van der Waals surface area contributed by atoms with Crippen molar-refractivity contribution in [3.8, 4) is 0 Å². The van der Waals surface area contributed by atoms with E-state index in [0.29, 0.717) is 6.42 Å². The second kappa shape index (κ2) is 4.25. The van der Waals surface area contributed by atoms with Gasteiger partial charge in [0.05, 0.1) is 5.88 Å². The zero-order valence-corrected chi connectivity index (χ0v) is 3.57. The Bertz CT molecular complexity index is 14.4. The maximum atomic E-state index is 7.95. The molecule has 0 saturated carbocycles. The van der Waals surface area contributed by atoms with Crippen LogP contribution in [0.4, 0.5) is 0 Å². The number of aliphatic hydroxyl groups is 1. The van der Waals surface area contributed by atoms with E-state index in [0.717, 1.165) is 0 Å². The predicted octanol–water partition coefficient (Wildman–Crippen LogP) is 0.769. The van der Waals surface area contributed by atoms with Gasteiger partial charge in [-0.3, -0.25) is 0 Å². The van der Waals surface area contributed by atoms with Crippen LogP contribution in [0.15, 0.2) is 0 Å².